The molecule has 0 heterocycles. The number of allylic oxidation sites excluding steroid dienone is 1. The van der Waals surface area contributed by atoms with Crippen molar-refractivity contribution < 1.29 is 14.6 Å². The average molecular weight is 267 g/mol. The van der Waals surface area contributed by atoms with Crippen LogP contribution in [0.15, 0.2) is 16.6 Å². The molecule has 1 aliphatic carbocycles. The van der Waals surface area contributed by atoms with Gasteiger partial charge in [-0.3, -0.25) is 9.79 Å². The first kappa shape index (κ1) is 16.1. The van der Waals surface area contributed by atoms with Gasteiger partial charge in [-0.2, -0.15) is 0 Å². The number of carbonyl (C=O) groups excluding carboxylic acids is 1. The summed E-state index contributed by atoms with van der Waals surface area (Å²) >= 11 is 0. The highest BCUT2D eigenvalue weighted by molar-refractivity contribution is 5.79. The Hall–Kier alpha value is -1.00. The summed E-state index contributed by atoms with van der Waals surface area (Å²) in [5, 5.41) is 10.7. The number of Topliss-reactive ketones (excluding diaryl/α,β-unsaturated/α-hetero) is 1. The summed E-state index contributed by atoms with van der Waals surface area (Å²) in [6.45, 7) is 3.23. The van der Waals surface area contributed by atoms with Crippen LogP contribution < -0.4 is 0 Å². The topological polar surface area (TPSA) is 58.9 Å². The Bertz CT molecular complexity index is 337. The van der Waals surface area contributed by atoms with E-state index in [1.54, 1.807) is 7.11 Å². The highest BCUT2D eigenvalue weighted by Gasteiger charge is 2.35. The van der Waals surface area contributed by atoms with E-state index in [1.807, 2.05) is 19.2 Å². The summed E-state index contributed by atoms with van der Waals surface area (Å²) in [5.74, 6) is 0.254. The lowest BCUT2D eigenvalue weighted by atomic mass is 9.78. The largest absolute Gasteiger partial charge is 0.385 e. The van der Waals surface area contributed by atoms with Crippen molar-refractivity contribution in [3.63, 3.8) is 0 Å². The first-order chi connectivity index (χ1) is 9.12. The van der Waals surface area contributed by atoms with Crippen molar-refractivity contribution in [3.05, 3.63) is 11.6 Å². The van der Waals surface area contributed by atoms with E-state index in [0.29, 0.717) is 38.8 Å². The second-order valence-corrected chi connectivity index (χ2v) is 5.01. The van der Waals surface area contributed by atoms with E-state index < -0.39 is 5.60 Å². The standard InChI is InChI=1S/C15H25NO3/c1-3-5-13(12-16-10-4-11-19-2)15(18)8-6-14(17)7-9-15/h5,10,18H,3-4,6-9,11-12H2,1-2H3/b13-5+,16-10?. The molecule has 0 unspecified atom stereocenters. The number of rotatable bonds is 7. The zero-order valence-electron chi connectivity index (χ0n) is 12.0. The molecule has 0 radical (unpaired) electrons. The molecule has 1 saturated carbocycles. The number of nitrogens with zero attached hydrogens (tertiary/aromatic N) is 1. The van der Waals surface area contributed by atoms with Crippen molar-refractivity contribution >= 4 is 12.0 Å². The lowest BCUT2D eigenvalue weighted by molar-refractivity contribution is -0.124. The number of methoxy groups -OCH3 is 1. The van der Waals surface area contributed by atoms with Gasteiger partial charge >= 0.3 is 0 Å². The number of ether oxygens (including phenoxy) is 1. The quantitative estimate of drug-likeness (QED) is 0.437. The van der Waals surface area contributed by atoms with Gasteiger partial charge in [-0.15, -0.1) is 0 Å². The predicted octanol–water partition coefficient (Wildman–Crippen LogP) is 2.30. The maximum atomic E-state index is 11.3. The van der Waals surface area contributed by atoms with E-state index in [0.717, 1.165) is 18.4 Å². The van der Waals surface area contributed by atoms with Crippen LogP contribution in [0.3, 0.4) is 0 Å². The molecule has 0 aromatic carbocycles. The molecule has 0 aromatic heterocycles. The van der Waals surface area contributed by atoms with Crippen molar-refractivity contribution in [2.45, 2.75) is 51.0 Å². The van der Waals surface area contributed by atoms with Crippen LogP contribution in [0.5, 0.6) is 0 Å². The van der Waals surface area contributed by atoms with Crippen LogP contribution in [-0.4, -0.2) is 43.0 Å². The lowest BCUT2D eigenvalue weighted by Gasteiger charge is -2.33. The van der Waals surface area contributed by atoms with E-state index in [2.05, 4.69) is 4.99 Å². The third kappa shape index (κ3) is 5.25. The highest BCUT2D eigenvalue weighted by atomic mass is 16.5. The maximum Gasteiger partial charge on any atom is 0.133 e. The molecular weight excluding hydrogens is 242 g/mol. The third-order valence-electron chi connectivity index (χ3n) is 3.52. The number of hydrogen-bond donors (Lipinski definition) is 1. The number of carbonyl (C=O) groups is 1. The molecule has 108 valence electrons. The summed E-state index contributed by atoms with van der Waals surface area (Å²) in [7, 11) is 1.66. The van der Waals surface area contributed by atoms with Gasteiger partial charge in [-0.25, -0.2) is 0 Å². The van der Waals surface area contributed by atoms with Gasteiger partial charge in [0.05, 0.1) is 18.8 Å². The molecule has 0 aromatic rings. The molecule has 19 heavy (non-hydrogen) atoms. The molecule has 1 N–H and O–H groups in total. The predicted molar refractivity (Wildman–Crippen MR) is 76.7 cm³/mol. The highest BCUT2D eigenvalue weighted by Crippen LogP contribution is 2.33. The van der Waals surface area contributed by atoms with Gasteiger partial charge < -0.3 is 9.84 Å². The molecule has 1 aliphatic rings. The van der Waals surface area contributed by atoms with E-state index in [9.17, 15) is 9.90 Å². The number of hydrogen-bond acceptors (Lipinski definition) is 4. The summed E-state index contributed by atoms with van der Waals surface area (Å²) in [4.78, 5) is 15.6. The fourth-order valence-corrected chi connectivity index (χ4v) is 2.34. The maximum absolute atomic E-state index is 11.3. The zero-order chi connectivity index (χ0) is 14.1. The van der Waals surface area contributed by atoms with Gasteiger partial charge in [-0.05, 0) is 24.8 Å². The fourth-order valence-electron chi connectivity index (χ4n) is 2.34. The van der Waals surface area contributed by atoms with Crippen LogP contribution in [0.2, 0.25) is 0 Å². The molecule has 0 amide bonds. The molecular formula is C15H25NO3. The van der Waals surface area contributed by atoms with Gasteiger partial charge in [0.1, 0.15) is 5.78 Å². The fraction of sp³-hybridized carbons (Fsp3) is 0.733. The second kappa shape index (κ2) is 8.23. The van der Waals surface area contributed by atoms with Gasteiger partial charge in [0.2, 0.25) is 0 Å². The van der Waals surface area contributed by atoms with Crippen LogP contribution in [0.1, 0.15) is 45.4 Å². The van der Waals surface area contributed by atoms with Crippen molar-refractivity contribution in [2.24, 2.45) is 4.99 Å². The molecule has 0 aliphatic heterocycles. The molecule has 0 spiro atoms. The minimum Gasteiger partial charge on any atom is -0.385 e. The van der Waals surface area contributed by atoms with Crippen LogP contribution >= 0.6 is 0 Å². The Balaban J connectivity index is 2.59. The Morgan fingerprint density at radius 1 is 1.47 bits per heavy atom. The second-order valence-electron chi connectivity index (χ2n) is 5.01. The van der Waals surface area contributed by atoms with Gasteiger partial charge in [-0.1, -0.05) is 13.0 Å². The minimum atomic E-state index is -0.831. The Kier molecular flexibility index (Phi) is 6.95. The van der Waals surface area contributed by atoms with Crippen LogP contribution in [0.25, 0.3) is 0 Å². The van der Waals surface area contributed by atoms with E-state index in [-0.39, 0.29) is 5.78 Å². The SMILES string of the molecule is CC/C=C(\CN=CCCOC)C1(O)CCC(=O)CC1. The molecule has 0 saturated heterocycles. The monoisotopic (exact) mass is 267 g/mol. The van der Waals surface area contributed by atoms with Crippen molar-refractivity contribution in [3.8, 4) is 0 Å². The molecule has 4 heteroatoms. The van der Waals surface area contributed by atoms with Crippen molar-refractivity contribution in [1.29, 1.82) is 0 Å². The van der Waals surface area contributed by atoms with Gasteiger partial charge in [0, 0.05) is 32.6 Å². The first-order valence-corrected chi connectivity index (χ1v) is 7.03. The summed E-state index contributed by atoms with van der Waals surface area (Å²) in [5.41, 5.74) is 0.124. The smallest absolute Gasteiger partial charge is 0.133 e. The molecule has 0 atom stereocenters. The number of ketones is 1. The van der Waals surface area contributed by atoms with Gasteiger partial charge in [0.15, 0.2) is 0 Å². The van der Waals surface area contributed by atoms with Crippen molar-refractivity contribution in [2.75, 3.05) is 20.3 Å². The summed E-state index contributed by atoms with van der Waals surface area (Å²) < 4.78 is 4.95. The van der Waals surface area contributed by atoms with Crippen LogP contribution in [0, 0.1) is 0 Å². The normalized spacial score (nSPS) is 20.2. The minimum absolute atomic E-state index is 0.254. The van der Waals surface area contributed by atoms with Crippen LogP contribution in [0.4, 0.5) is 0 Å². The average Bonchev–Trinajstić information content (AvgIpc) is 2.41. The zero-order valence-corrected chi connectivity index (χ0v) is 12.0. The summed E-state index contributed by atoms with van der Waals surface area (Å²) in [6.07, 6.45) is 7.56. The number of aliphatic hydroxyl groups is 1. The first-order valence-electron chi connectivity index (χ1n) is 7.03. The molecule has 0 bridgehead atoms. The van der Waals surface area contributed by atoms with E-state index in [1.165, 1.54) is 0 Å². The molecule has 1 fully saturated rings. The van der Waals surface area contributed by atoms with E-state index >= 15 is 0 Å². The molecule has 4 nitrogen and oxygen atoms in total. The Morgan fingerprint density at radius 2 is 2.16 bits per heavy atom. The lowest BCUT2D eigenvalue weighted by Crippen LogP contribution is -2.37. The van der Waals surface area contributed by atoms with Crippen molar-refractivity contribution in [1.82, 2.24) is 0 Å². The number of aliphatic imine (C=N–C) groups is 1. The van der Waals surface area contributed by atoms with Gasteiger partial charge in [0.25, 0.3) is 0 Å². The van der Waals surface area contributed by atoms with E-state index in [4.69, 9.17) is 4.74 Å². The summed E-state index contributed by atoms with van der Waals surface area (Å²) in [6, 6.07) is 0. The Labute approximate surface area is 115 Å². The Morgan fingerprint density at radius 3 is 2.74 bits per heavy atom. The molecule has 1 rings (SSSR count). The van der Waals surface area contributed by atoms with Crippen LogP contribution in [-0.2, 0) is 9.53 Å². The third-order valence-corrected chi connectivity index (χ3v) is 3.52.